The number of nitrogens with zero attached hydrogens (tertiary/aromatic N) is 2. The van der Waals surface area contributed by atoms with Gasteiger partial charge in [0.05, 0.1) is 11.9 Å². The molecule has 1 aromatic heterocycles. The third-order valence-corrected chi connectivity index (χ3v) is 4.25. The molecule has 7 nitrogen and oxygen atoms in total. The van der Waals surface area contributed by atoms with Crippen LogP contribution in [0.2, 0.25) is 5.02 Å². The summed E-state index contributed by atoms with van der Waals surface area (Å²) in [7, 11) is 0. The topological polar surface area (TPSA) is 90.1 Å². The SMILES string of the molecule is O=C(NCC1CC1)NC1CCN(c2cn[nH]c(=O)c2Cl)C1. The first-order valence-corrected chi connectivity index (χ1v) is 7.54. The number of aromatic amines is 1. The molecule has 114 valence electrons. The lowest BCUT2D eigenvalue weighted by Crippen LogP contribution is -2.44. The number of rotatable bonds is 4. The summed E-state index contributed by atoms with van der Waals surface area (Å²) in [6, 6.07) is -0.0663. The van der Waals surface area contributed by atoms with Crippen molar-refractivity contribution in [2.45, 2.75) is 25.3 Å². The number of amides is 2. The molecule has 1 aromatic rings. The van der Waals surface area contributed by atoms with Crippen LogP contribution < -0.4 is 21.1 Å². The molecule has 2 aliphatic rings. The quantitative estimate of drug-likeness (QED) is 0.764. The fourth-order valence-electron chi connectivity index (χ4n) is 2.49. The zero-order valence-corrected chi connectivity index (χ0v) is 12.3. The Balaban J connectivity index is 1.53. The van der Waals surface area contributed by atoms with Crippen LogP contribution in [0.15, 0.2) is 11.0 Å². The van der Waals surface area contributed by atoms with Crippen LogP contribution in [-0.2, 0) is 0 Å². The molecule has 2 heterocycles. The second kappa shape index (κ2) is 5.93. The molecule has 21 heavy (non-hydrogen) atoms. The van der Waals surface area contributed by atoms with Crippen LogP contribution in [0.5, 0.6) is 0 Å². The lowest BCUT2D eigenvalue weighted by atomic mass is 10.3. The maximum Gasteiger partial charge on any atom is 0.315 e. The summed E-state index contributed by atoms with van der Waals surface area (Å²) in [6.07, 6.45) is 4.79. The molecule has 1 unspecified atom stereocenters. The van der Waals surface area contributed by atoms with Gasteiger partial charge in [-0.15, -0.1) is 0 Å². The molecule has 0 radical (unpaired) electrons. The Morgan fingerprint density at radius 3 is 3.05 bits per heavy atom. The van der Waals surface area contributed by atoms with Gasteiger partial charge in [-0.3, -0.25) is 4.79 Å². The van der Waals surface area contributed by atoms with Gasteiger partial charge in [-0.2, -0.15) is 5.10 Å². The van der Waals surface area contributed by atoms with Gasteiger partial charge in [0.15, 0.2) is 0 Å². The first kappa shape index (κ1) is 14.2. The lowest BCUT2D eigenvalue weighted by molar-refractivity contribution is 0.237. The fraction of sp³-hybridized carbons (Fsp3) is 0.615. The summed E-state index contributed by atoms with van der Waals surface area (Å²) >= 11 is 5.99. The van der Waals surface area contributed by atoms with E-state index < -0.39 is 5.56 Å². The molecule has 1 aliphatic carbocycles. The van der Waals surface area contributed by atoms with E-state index in [0.717, 1.165) is 19.5 Å². The Kier molecular flexibility index (Phi) is 4.01. The van der Waals surface area contributed by atoms with Gasteiger partial charge in [0.1, 0.15) is 5.02 Å². The predicted octanol–water partition coefficient (Wildman–Crippen LogP) is 0.711. The molecule has 3 rings (SSSR count). The van der Waals surface area contributed by atoms with Crippen molar-refractivity contribution in [1.29, 1.82) is 0 Å². The highest BCUT2D eigenvalue weighted by Gasteiger charge is 2.27. The highest BCUT2D eigenvalue weighted by Crippen LogP contribution is 2.27. The fourth-order valence-corrected chi connectivity index (χ4v) is 2.70. The van der Waals surface area contributed by atoms with Crippen LogP contribution in [0.4, 0.5) is 10.5 Å². The van der Waals surface area contributed by atoms with E-state index in [0.29, 0.717) is 18.2 Å². The van der Waals surface area contributed by atoms with Crippen LogP contribution in [0, 0.1) is 5.92 Å². The zero-order valence-electron chi connectivity index (χ0n) is 11.6. The summed E-state index contributed by atoms with van der Waals surface area (Å²) in [4.78, 5) is 25.2. The highest BCUT2D eigenvalue weighted by molar-refractivity contribution is 6.33. The zero-order chi connectivity index (χ0) is 14.8. The maximum absolute atomic E-state index is 11.8. The van der Waals surface area contributed by atoms with Crippen molar-refractivity contribution in [3.05, 3.63) is 21.6 Å². The molecule has 8 heteroatoms. The van der Waals surface area contributed by atoms with E-state index >= 15 is 0 Å². The van der Waals surface area contributed by atoms with Crippen LogP contribution in [0.3, 0.4) is 0 Å². The van der Waals surface area contributed by atoms with Gasteiger partial charge < -0.3 is 15.5 Å². The van der Waals surface area contributed by atoms with Gasteiger partial charge in [-0.1, -0.05) is 11.6 Å². The maximum atomic E-state index is 11.8. The van der Waals surface area contributed by atoms with Gasteiger partial charge in [-0.05, 0) is 25.2 Å². The minimum absolute atomic E-state index is 0.0551. The molecule has 3 N–H and O–H groups in total. The number of hydrogen-bond donors (Lipinski definition) is 3. The molecule has 2 amide bonds. The summed E-state index contributed by atoms with van der Waals surface area (Å²) in [5, 5.41) is 12.0. The second-order valence-corrected chi connectivity index (χ2v) is 6.01. The van der Waals surface area contributed by atoms with Crippen molar-refractivity contribution in [1.82, 2.24) is 20.8 Å². The summed E-state index contributed by atoms with van der Waals surface area (Å²) in [6.45, 7) is 2.12. The van der Waals surface area contributed by atoms with Gasteiger partial charge >= 0.3 is 6.03 Å². The second-order valence-electron chi connectivity index (χ2n) is 5.63. The number of anilines is 1. The molecule has 1 saturated heterocycles. The third-order valence-electron chi connectivity index (χ3n) is 3.89. The van der Waals surface area contributed by atoms with Crippen molar-refractivity contribution in [3.8, 4) is 0 Å². The number of aromatic nitrogens is 2. The summed E-state index contributed by atoms with van der Waals surface area (Å²) in [5.41, 5.74) is 0.218. The molecule has 1 aliphatic heterocycles. The van der Waals surface area contributed by atoms with E-state index in [-0.39, 0.29) is 17.1 Å². The largest absolute Gasteiger partial charge is 0.367 e. The Morgan fingerprint density at radius 2 is 2.29 bits per heavy atom. The number of halogens is 1. The van der Waals surface area contributed by atoms with Gasteiger partial charge in [0, 0.05) is 25.7 Å². The predicted molar refractivity (Wildman–Crippen MR) is 79.7 cm³/mol. The number of carbonyl (C=O) groups excluding carboxylic acids is 1. The number of urea groups is 1. The van der Waals surface area contributed by atoms with Crippen LogP contribution in [-0.4, -0.2) is 41.9 Å². The first-order chi connectivity index (χ1) is 10.1. The highest BCUT2D eigenvalue weighted by atomic mass is 35.5. The van der Waals surface area contributed by atoms with Crippen molar-refractivity contribution in [2.75, 3.05) is 24.5 Å². The first-order valence-electron chi connectivity index (χ1n) is 7.16. The monoisotopic (exact) mass is 311 g/mol. The smallest absolute Gasteiger partial charge is 0.315 e. The number of nitrogens with one attached hydrogen (secondary N) is 3. The Labute approximate surface area is 127 Å². The van der Waals surface area contributed by atoms with Crippen molar-refractivity contribution in [3.63, 3.8) is 0 Å². The van der Waals surface area contributed by atoms with E-state index in [1.165, 1.54) is 12.8 Å². The summed E-state index contributed by atoms with van der Waals surface area (Å²) < 4.78 is 0. The Hall–Kier alpha value is -1.76. The standard InChI is InChI=1S/C13H18ClN5O2/c14-11-10(6-16-18-12(11)20)19-4-3-9(7-19)17-13(21)15-5-8-1-2-8/h6,8-9H,1-5,7H2,(H,18,20)(H2,15,17,21). The van der Waals surface area contributed by atoms with Crippen LogP contribution in [0.1, 0.15) is 19.3 Å². The van der Waals surface area contributed by atoms with E-state index in [1.54, 1.807) is 6.20 Å². The van der Waals surface area contributed by atoms with E-state index in [1.807, 2.05) is 4.90 Å². The molecular formula is C13H18ClN5O2. The molecule has 0 bridgehead atoms. The van der Waals surface area contributed by atoms with Gasteiger partial charge in [0.2, 0.25) is 0 Å². The van der Waals surface area contributed by atoms with Crippen molar-refractivity contribution in [2.24, 2.45) is 5.92 Å². The van der Waals surface area contributed by atoms with Crippen LogP contribution >= 0.6 is 11.6 Å². The van der Waals surface area contributed by atoms with E-state index in [9.17, 15) is 9.59 Å². The average molecular weight is 312 g/mol. The van der Waals surface area contributed by atoms with Crippen molar-refractivity contribution >= 4 is 23.3 Å². The molecule has 2 fully saturated rings. The molecule has 1 saturated carbocycles. The van der Waals surface area contributed by atoms with Crippen LogP contribution in [0.25, 0.3) is 0 Å². The molecule has 0 aromatic carbocycles. The van der Waals surface area contributed by atoms with Gasteiger partial charge in [0.25, 0.3) is 5.56 Å². The Morgan fingerprint density at radius 1 is 1.48 bits per heavy atom. The number of hydrogen-bond acceptors (Lipinski definition) is 4. The average Bonchev–Trinajstić information content (AvgIpc) is 3.19. The summed E-state index contributed by atoms with van der Waals surface area (Å²) in [5.74, 6) is 0.664. The van der Waals surface area contributed by atoms with E-state index in [2.05, 4.69) is 20.8 Å². The van der Waals surface area contributed by atoms with Gasteiger partial charge in [-0.25, -0.2) is 9.89 Å². The normalized spacial score (nSPS) is 21.4. The van der Waals surface area contributed by atoms with Crippen molar-refractivity contribution < 1.29 is 4.79 Å². The minimum Gasteiger partial charge on any atom is -0.367 e. The molecular weight excluding hydrogens is 294 g/mol. The Bertz CT molecular complexity index is 586. The van der Waals surface area contributed by atoms with E-state index in [4.69, 9.17) is 11.6 Å². The lowest BCUT2D eigenvalue weighted by Gasteiger charge is -2.19. The number of carbonyl (C=O) groups is 1. The third kappa shape index (κ3) is 3.47. The molecule has 1 atom stereocenters. The molecule has 0 spiro atoms. The minimum atomic E-state index is -0.396. The number of H-pyrrole nitrogens is 1.